The Morgan fingerprint density at radius 2 is 0.935 bits per heavy atom. The second kappa shape index (κ2) is 44.6. The molecule has 1 fully saturated rings. The first-order valence-electron chi connectivity index (χ1n) is 26.1. The van der Waals surface area contributed by atoms with Crippen LogP contribution in [-0.2, 0) is 23.7 Å². The van der Waals surface area contributed by atoms with Crippen molar-refractivity contribution in [1.82, 2.24) is 0 Å². The molecule has 0 aliphatic carbocycles. The van der Waals surface area contributed by atoms with E-state index in [0.717, 1.165) is 44.9 Å². The Hall–Kier alpha value is -1.59. The largest absolute Gasteiger partial charge is 0.457 e. The predicted molar refractivity (Wildman–Crippen MR) is 256 cm³/mol. The van der Waals surface area contributed by atoms with Crippen LogP contribution in [-0.4, -0.2) is 89.6 Å². The second-order valence-electron chi connectivity index (χ2n) is 18.0. The van der Waals surface area contributed by atoms with E-state index in [2.05, 4.69) is 50.3 Å². The molecule has 0 spiro atoms. The van der Waals surface area contributed by atoms with E-state index < -0.39 is 43.4 Å². The Morgan fingerprint density at radius 3 is 1.44 bits per heavy atom. The molecule has 1 aliphatic heterocycles. The van der Waals surface area contributed by atoms with Crippen LogP contribution >= 0.6 is 0 Å². The number of hydrogen-bond donors (Lipinski definition) is 4. The molecule has 0 amide bonds. The first-order chi connectivity index (χ1) is 30.4. The average Bonchev–Trinajstić information content (AvgIpc) is 3.27. The first kappa shape index (κ1) is 58.4. The number of esters is 1. The Morgan fingerprint density at radius 1 is 0.516 bits per heavy atom. The van der Waals surface area contributed by atoms with E-state index in [1.807, 2.05) is 0 Å². The number of carbonyl (C=O) groups is 1. The van der Waals surface area contributed by atoms with Gasteiger partial charge in [-0.25, -0.2) is 0 Å². The Labute approximate surface area is 380 Å². The van der Waals surface area contributed by atoms with Crippen molar-refractivity contribution in [3.05, 3.63) is 36.5 Å². The minimum Gasteiger partial charge on any atom is -0.457 e. The van der Waals surface area contributed by atoms with Crippen LogP contribution in [0.4, 0.5) is 0 Å². The number of allylic oxidation sites excluding steroid dienone is 6. The van der Waals surface area contributed by atoms with Gasteiger partial charge in [0.05, 0.1) is 19.8 Å². The van der Waals surface area contributed by atoms with E-state index in [1.54, 1.807) is 0 Å². The fraction of sp³-hybridized carbons (Fsp3) is 0.868. The third kappa shape index (κ3) is 34.8. The molecular formula is C53H98O9. The van der Waals surface area contributed by atoms with Crippen LogP contribution in [0.3, 0.4) is 0 Å². The van der Waals surface area contributed by atoms with Crippen molar-refractivity contribution in [1.29, 1.82) is 0 Å². The third-order valence-electron chi connectivity index (χ3n) is 12.0. The van der Waals surface area contributed by atoms with Crippen molar-refractivity contribution >= 4 is 5.97 Å². The summed E-state index contributed by atoms with van der Waals surface area (Å²) in [7, 11) is 0. The van der Waals surface area contributed by atoms with Gasteiger partial charge < -0.3 is 39.4 Å². The summed E-state index contributed by atoms with van der Waals surface area (Å²) in [5.74, 6) is -0.320. The summed E-state index contributed by atoms with van der Waals surface area (Å²) in [6.07, 6.45) is 47.5. The highest BCUT2D eigenvalue weighted by atomic mass is 16.7. The summed E-state index contributed by atoms with van der Waals surface area (Å²) in [4.78, 5) is 12.8. The van der Waals surface area contributed by atoms with Gasteiger partial charge in [-0.2, -0.15) is 0 Å². The van der Waals surface area contributed by atoms with E-state index in [9.17, 15) is 25.2 Å². The molecule has 4 N–H and O–H groups in total. The summed E-state index contributed by atoms with van der Waals surface area (Å²) in [6, 6.07) is 0. The number of aliphatic hydroxyl groups excluding tert-OH is 4. The van der Waals surface area contributed by atoms with Gasteiger partial charge in [-0.3, -0.25) is 4.79 Å². The smallest absolute Gasteiger partial charge is 0.306 e. The molecule has 62 heavy (non-hydrogen) atoms. The second-order valence-corrected chi connectivity index (χ2v) is 18.0. The van der Waals surface area contributed by atoms with Gasteiger partial charge in [-0.05, 0) is 70.6 Å². The van der Waals surface area contributed by atoms with Crippen LogP contribution in [0.1, 0.15) is 232 Å². The lowest BCUT2D eigenvalue weighted by atomic mass is 9.99. The summed E-state index contributed by atoms with van der Waals surface area (Å²) in [6.45, 7) is 4.55. The predicted octanol–water partition coefficient (Wildman–Crippen LogP) is 12.7. The lowest BCUT2D eigenvalue weighted by Crippen LogP contribution is -2.59. The molecule has 0 aromatic rings. The van der Waals surface area contributed by atoms with Gasteiger partial charge >= 0.3 is 5.97 Å². The molecule has 1 heterocycles. The molecule has 6 unspecified atom stereocenters. The molecule has 0 bridgehead atoms. The fourth-order valence-electron chi connectivity index (χ4n) is 7.93. The SMILES string of the molecule is CCCCC/C=C\C/C=C\CCCCCCCCCC(=O)OC(COCCCCCCCCCCCC/C=C\CCCCCCCCCC)COC1OC(CO)C(O)C(O)C1O. The number of rotatable bonds is 45. The maximum Gasteiger partial charge on any atom is 0.306 e. The molecule has 364 valence electrons. The number of unbranched alkanes of at least 4 members (excludes halogenated alkanes) is 28. The van der Waals surface area contributed by atoms with Gasteiger partial charge in [0.15, 0.2) is 6.29 Å². The van der Waals surface area contributed by atoms with E-state index in [-0.39, 0.29) is 19.2 Å². The molecule has 9 heteroatoms. The van der Waals surface area contributed by atoms with Gasteiger partial charge in [0.1, 0.15) is 30.5 Å². The van der Waals surface area contributed by atoms with Crippen LogP contribution in [0.15, 0.2) is 36.5 Å². The highest BCUT2D eigenvalue weighted by molar-refractivity contribution is 5.69. The number of hydrogen-bond acceptors (Lipinski definition) is 9. The number of ether oxygens (including phenoxy) is 4. The summed E-state index contributed by atoms with van der Waals surface area (Å²) < 4.78 is 22.9. The molecular weight excluding hydrogens is 781 g/mol. The minimum atomic E-state index is -1.54. The number of carbonyl (C=O) groups excluding carboxylic acids is 1. The van der Waals surface area contributed by atoms with Crippen molar-refractivity contribution in [2.75, 3.05) is 26.4 Å². The maximum atomic E-state index is 12.8. The molecule has 0 saturated carbocycles. The molecule has 1 saturated heterocycles. The van der Waals surface area contributed by atoms with Crippen molar-refractivity contribution in [3.63, 3.8) is 0 Å². The zero-order chi connectivity index (χ0) is 45.0. The quantitative estimate of drug-likeness (QED) is 0.0268. The van der Waals surface area contributed by atoms with Crippen molar-refractivity contribution < 1.29 is 44.2 Å². The first-order valence-corrected chi connectivity index (χ1v) is 26.1. The van der Waals surface area contributed by atoms with E-state index in [0.29, 0.717) is 13.0 Å². The van der Waals surface area contributed by atoms with Crippen LogP contribution < -0.4 is 0 Å². The van der Waals surface area contributed by atoms with E-state index in [1.165, 1.54) is 167 Å². The molecule has 0 aromatic carbocycles. The Kier molecular flexibility index (Phi) is 42.0. The molecule has 0 aromatic heterocycles. The average molecular weight is 879 g/mol. The lowest BCUT2D eigenvalue weighted by molar-refractivity contribution is -0.305. The molecule has 1 rings (SSSR count). The lowest BCUT2D eigenvalue weighted by Gasteiger charge is -2.39. The third-order valence-corrected chi connectivity index (χ3v) is 12.0. The topological polar surface area (TPSA) is 135 Å². The van der Waals surface area contributed by atoms with Crippen LogP contribution in [0.5, 0.6) is 0 Å². The van der Waals surface area contributed by atoms with Crippen molar-refractivity contribution in [2.24, 2.45) is 0 Å². The molecule has 0 radical (unpaired) electrons. The van der Waals surface area contributed by atoms with E-state index >= 15 is 0 Å². The van der Waals surface area contributed by atoms with Crippen LogP contribution in [0, 0.1) is 0 Å². The van der Waals surface area contributed by atoms with Crippen molar-refractivity contribution in [3.8, 4) is 0 Å². The summed E-state index contributed by atoms with van der Waals surface area (Å²) in [5.41, 5.74) is 0. The summed E-state index contributed by atoms with van der Waals surface area (Å²) >= 11 is 0. The Balaban J connectivity index is 2.19. The maximum absolute atomic E-state index is 12.8. The summed E-state index contributed by atoms with van der Waals surface area (Å²) in [5, 5.41) is 40.2. The minimum absolute atomic E-state index is 0.116. The zero-order valence-corrected chi connectivity index (χ0v) is 40.1. The highest BCUT2D eigenvalue weighted by Crippen LogP contribution is 2.23. The van der Waals surface area contributed by atoms with Gasteiger partial charge in [0, 0.05) is 13.0 Å². The number of aliphatic hydroxyl groups is 4. The Bertz CT molecular complexity index is 1050. The standard InChI is InChI=1S/C53H98O9/c1-3-5-7-9-11-13-15-17-19-21-22-23-24-25-27-29-31-33-35-37-39-41-43-59-45-47(46-60-53-52(58)51(57)50(56)48(44-54)62-53)61-49(55)42-40-38-36-34-32-30-28-26-20-18-16-14-12-10-8-6-4-2/h12,14,18,20-22,47-48,50-54,56-58H,3-11,13,15-17,19,23-46H2,1-2H3/b14-12-,20-18-,22-21-. The van der Waals surface area contributed by atoms with Crippen LogP contribution in [0.2, 0.25) is 0 Å². The van der Waals surface area contributed by atoms with Gasteiger partial charge in [-0.15, -0.1) is 0 Å². The molecule has 1 aliphatic rings. The van der Waals surface area contributed by atoms with E-state index in [4.69, 9.17) is 18.9 Å². The molecule has 6 atom stereocenters. The van der Waals surface area contributed by atoms with Gasteiger partial charge in [0.2, 0.25) is 0 Å². The van der Waals surface area contributed by atoms with Crippen molar-refractivity contribution in [2.45, 2.75) is 269 Å². The van der Waals surface area contributed by atoms with Crippen LogP contribution in [0.25, 0.3) is 0 Å². The van der Waals surface area contributed by atoms with Gasteiger partial charge in [-0.1, -0.05) is 192 Å². The monoisotopic (exact) mass is 879 g/mol. The van der Waals surface area contributed by atoms with Gasteiger partial charge in [0.25, 0.3) is 0 Å². The normalized spacial score (nSPS) is 20.0. The molecule has 9 nitrogen and oxygen atoms in total. The fourth-order valence-corrected chi connectivity index (χ4v) is 7.93. The zero-order valence-electron chi connectivity index (χ0n) is 40.1. The highest BCUT2D eigenvalue weighted by Gasteiger charge is 2.44.